The van der Waals surface area contributed by atoms with Gasteiger partial charge in [0.15, 0.2) is 0 Å². The molecule has 3 fully saturated rings. The Morgan fingerprint density at radius 3 is 2.58 bits per heavy atom. The first-order valence-corrected chi connectivity index (χ1v) is 12.5. The number of amides is 3. The predicted molar refractivity (Wildman–Crippen MR) is 126 cm³/mol. The van der Waals surface area contributed by atoms with Crippen molar-refractivity contribution in [1.29, 1.82) is 0 Å². The highest BCUT2D eigenvalue weighted by molar-refractivity contribution is 6.32. The van der Waals surface area contributed by atoms with E-state index in [0.717, 1.165) is 65.0 Å². The van der Waals surface area contributed by atoms with E-state index in [9.17, 15) is 14.4 Å². The summed E-state index contributed by atoms with van der Waals surface area (Å²) < 4.78 is 5.39. The standard InChI is InChI=1S/C25H34ClN3O4/c1-27(11-6-12-28-13-15-33-16-14-28)22(30)17-25(20-9-4-5-10-21(20)26)18-23(31)29(24(25)32)19-7-2-3-8-19/h4-5,9-10,19H,2-3,6-8,11-18H2,1H3/t25-/m0/s1. The second-order valence-electron chi connectivity index (χ2n) is 9.55. The number of benzene rings is 1. The Labute approximate surface area is 201 Å². The van der Waals surface area contributed by atoms with Crippen LogP contribution in [0.25, 0.3) is 0 Å². The van der Waals surface area contributed by atoms with E-state index in [1.807, 2.05) is 6.07 Å². The molecule has 1 aliphatic carbocycles. The van der Waals surface area contributed by atoms with Crippen molar-refractivity contribution in [2.24, 2.45) is 0 Å². The molecule has 8 heteroatoms. The van der Waals surface area contributed by atoms with Gasteiger partial charge in [-0.2, -0.15) is 0 Å². The summed E-state index contributed by atoms with van der Waals surface area (Å²) in [5, 5.41) is 0.426. The maximum Gasteiger partial charge on any atom is 0.241 e. The van der Waals surface area contributed by atoms with Gasteiger partial charge in [-0.1, -0.05) is 42.6 Å². The second-order valence-corrected chi connectivity index (χ2v) is 9.95. The zero-order valence-corrected chi connectivity index (χ0v) is 20.2. The van der Waals surface area contributed by atoms with E-state index >= 15 is 0 Å². The summed E-state index contributed by atoms with van der Waals surface area (Å²) in [7, 11) is 1.78. The molecular formula is C25H34ClN3O4. The number of rotatable bonds is 8. The molecule has 2 aliphatic heterocycles. The molecule has 7 nitrogen and oxygen atoms in total. The monoisotopic (exact) mass is 475 g/mol. The fourth-order valence-electron chi connectivity index (χ4n) is 5.46. The Morgan fingerprint density at radius 2 is 1.88 bits per heavy atom. The van der Waals surface area contributed by atoms with Gasteiger partial charge in [-0.05, 0) is 30.9 Å². The summed E-state index contributed by atoms with van der Waals surface area (Å²) in [5.41, 5.74) is -0.645. The Kier molecular flexibility index (Phi) is 7.72. The van der Waals surface area contributed by atoms with E-state index in [-0.39, 0.29) is 36.6 Å². The molecule has 0 N–H and O–H groups in total. The summed E-state index contributed by atoms with van der Waals surface area (Å²) in [5.74, 6) is -0.580. The molecule has 3 amide bonds. The van der Waals surface area contributed by atoms with E-state index in [2.05, 4.69) is 4.90 Å². The number of hydrogen-bond acceptors (Lipinski definition) is 5. The molecule has 4 rings (SSSR count). The zero-order chi connectivity index (χ0) is 23.4. The van der Waals surface area contributed by atoms with Crippen LogP contribution in [0.1, 0.15) is 50.5 Å². The topological polar surface area (TPSA) is 70.2 Å². The number of halogens is 1. The molecular weight excluding hydrogens is 442 g/mol. The van der Waals surface area contributed by atoms with Crippen LogP contribution in [0, 0.1) is 0 Å². The Morgan fingerprint density at radius 1 is 1.18 bits per heavy atom. The van der Waals surface area contributed by atoms with Crippen LogP contribution in [0.3, 0.4) is 0 Å². The van der Waals surface area contributed by atoms with Crippen LogP contribution in [0.15, 0.2) is 24.3 Å². The molecule has 180 valence electrons. The minimum absolute atomic E-state index is 0.000571. The summed E-state index contributed by atoms with van der Waals surface area (Å²) in [6, 6.07) is 7.07. The number of carbonyl (C=O) groups is 3. The highest BCUT2D eigenvalue weighted by Gasteiger charge is 2.56. The van der Waals surface area contributed by atoms with Crippen molar-refractivity contribution in [3.63, 3.8) is 0 Å². The van der Waals surface area contributed by atoms with Crippen LogP contribution in [0.5, 0.6) is 0 Å². The smallest absolute Gasteiger partial charge is 0.241 e. The number of likely N-dealkylation sites (tertiary alicyclic amines) is 1. The number of imide groups is 1. The second kappa shape index (κ2) is 10.5. The summed E-state index contributed by atoms with van der Waals surface area (Å²) >= 11 is 6.52. The normalized spacial score (nSPS) is 24.6. The highest BCUT2D eigenvalue weighted by atomic mass is 35.5. The number of carbonyl (C=O) groups excluding carboxylic acids is 3. The molecule has 0 radical (unpaired) electrons. The fraction of sp³-hybridized carbons (Fsp3) is 0.640. The molecule has 1 aromatic rings. The fourth-order valence-corrected chi connectivity index (χ4v) is 5.78. The Hall–Kier alpha value is -1.96. The number of morpholine rings is 1. The lowest BCUT2D eigenvalue weighted by Crippen LogP contribution is -2.46. The van der Waals surface area contributed by atoms with Gasteiger partial charge in [-0.3, -0.25) is 24.2 Å². The van der Waals surface area contributed by atoms with Crippen molar-refractivity contribution in [2.75, 3.05) is 46.4 Å². The molecule has 2 heterocycles. The average molecular weight is 476 g/mol. The predicted octanol–water partition coefficient (Wildman–Crippen LogP) is 2.85. The SMILES string of the molecule is CN(CCCN1CCOCC1)C(=O)C[C@@]1(c2ccccc2Cl)CC(=O)N(C2CCCC2)C1=O. The van der Waals surface area contributed by atoms with Gasteiger partial charge in [-0.15, -0.1) is 0 Å². The third-order valence-corrected chi connectivity index (χ3v) is 7.71. The van der Waals surface area contributed by atoms with E-state index in [0.29, 0.717) is 17.1 Å². The summed E-state index contributed by atoms with van der Waals surface area (Å²) in [6.07, 6.45) is 4.52. The molecule has 0 aromatic heterocycles. The third-order valence-electron chi connectivity index (χ3n) is 7.38. The van der Waals surface area contributed by atoms with E-state index in [1.165, 1.54) is 4.90 Å². The minimum Gasteiger partial charge on any atom is -0.379 e. The van der Waals surface area contributed by atoms with Gasteiger partial charge in [-0.25, -0.2) is 0 Å². The molecule has 0 spiro atoms. The first-order valence-electron chi connectivity index (χ1n) is 12.1. The highest BCUT2D eigenvalue weighted by Crippen LogP contribution is 2.45. The van der Waals surface area contributed by atoms with Crippen LogP contribution in [-0.4, -0.2) is 84.9 Å². The molecule has 1 aromatic carbocycles. The van der Waals surface area contributed by atoms with Crippen molar-refractivity contribution in [3.05, 3.63) is 34.9 Å². The van der Waals surface area contributed by atoms with Gasteiger partial charge in [0.1, 0.15) is 0 Å². The largest absolute Gasteiger partial charge is 0.379 e. The maximum absolute atomic E-state index is 13.8. The Bertz CT molecular complexity index is 882. The van der Waals surface area contributed by atoms with Crippen molar-refractivity contribution in [3.8, 4) is 0 Å². The zero-order valence-electron chi connectivity index (χ0n) is 19.4. The first-order chi connectivity index (χ1) is 15.9. The molecule has 2 saturated heterocycles. The van der Waals surface area contributed by atoms with Crippen LogP contribution in [0.2, 0.25) is 5.02 Å². The molecule has 1 atom stereocenters. The van der Waals surface area contributed by atoms with Crippen LogP contribution in [0.4, 0.5) is 0 Å². The van der Waals surface area contributed by atoms with Crippen molar-refractivity contribution >= 4 is 29.3 Å². The average Bonchev–Trinajstić information content (AvgIpc) is 3.41. The van der Waals surface area contributed by atoms with Gasteiger partial charge in [0.05, 0.1) is 18.6 Å². The molecule has 33 heavy (non-hydrogen) atoms. The van der Waals surface area contributed by atoms with Gasteiger partial charge in [0, 0.05) is 57.1 Å². The minimum atomic E-state index is -1.23. The van der Waals surface area contributed by atoms with Crippen molar-refractivity contribution in [1.82, 2.24) is 14.7 Å². The van der Waals surface area contributed by atoms with Crippen molar-refractivity contribution < 1.29 is 19.1 Å². The molecule has 3 aliphatic rings. The maximum atomic E-state index is 13.8. The lowest BCUT2D eigenvalue weighted by Gasteiger charge is -2.31. The van der Waals surface area contributed by atoms with Gasteiger partial charge >= 0.3 is 0 Å². The van der Waals surface area contributed by atoms with Crippen LogP contribution in [-0.2, 0) is 24.5 Å². The Balaban J connectivity index is 1.50. The lowest BCUT2D eigenvalue weighted by molar-refractivity contribution is -0.144. The summed E-state index contributed by atoms with van der Waals surface area (Å²) in [6.45, 7) is 4.85. The third kappa shape index (κ3) is 5.10. The van der Waals surface area contributed by atoms with Crippen LogP contribution >= 0.6 is 11.6 Å². The first kappa shape index (κ1) is 24.2. The van der Waals surface area contributed by atoms with E-state index in [4.69, 9.17) is 16.3 Å². The van der Waals surface area contributed by atoms with E-state index < -0.39 is 5.41 Å². The van der Waals surface area contributed by atoms with Crippen LogP contribution < -0.4 is 0 Å². The van der Waals surface area contributed by atoms with Crippen molar-refractivity contribution in [2.45, 2.75) is 56.4 Å². The van der Waals surface area contributed by atoms with Gasteiger partial charge < -0.3 is 9.64 Å². The lowest BCUT2D eigenvalue weighted by atomic mass is 9.75. The molecule has 0 bridgehead atoms. The number of hydrogen-bond donors (Lipinski definition) is 0. The number of ether oxygens (including phenoxy) is 1. The van der Waals surface area contributed by atoms with Gasteiger partial charge in [0.2, 0.25) is 17.7 Å². The molecule has 0 unspecified atom stereocenters. The molecule has 1 saturated carbocycles. The van der Waals surface area contributed by atoms with Gasteiger partial charge in [0.25, 0.3) is 0 Å². The quantitative estimate of drug-likeness (QED) is 0.541. The number of nitrogens with zero attached hydrogens (tertiary/aromatic N) is 3. The summed E-state index contributed by atoms with van der Waals surface area (Å²) in [4.78, 5) is 45.7. The van der Waals surface area contributed by atoms with E-state index in [1.54, 1.807) is 30.1 Å².